The maximum atomic E-state index is 13.0. The summed E-state index contributed by atoms with van der Waals surface area (Å²) < 4.78 is 25.9. The summed E-state index contributed by atoms with van der Waals surface area (Å²) in [4.78, 5) is 26.2. The van der Waals surface area contributed by atoms with Crippen LogP contribution in [-0.4, -0.2) is 39.6 Å². The maximum absolute atomic E-state index is 13.0. The Labute approximate surface area is 158 Å². The molecule has 1 heterocycles. The largest absolute Gasteiger partial charge is 0.323 e. The predicted octanol–water partition coefficient (Wildman–Crippen LogP) is 2.05. The fourth-order valence-electron chi connectivity index (χ4n) is 3.05. The third-order valence-corrected chi connectivity index (χ3v) is 5.72. The van der Waals surface area contributed by atoms with Gasteiger partial charge in [0.15, 0.2) is 0 Å². The van der Waals surface area contributed by atoms with Gasteiger partial charge in [-0.1, -0.05) is 24.3 Å². The highest BCUT2D eigenvalue weighted by Gasteiger charge is 2.30. The number of hydrogen-bond donors (Lipinski definition) is 1. The molecule has 0 unspecified atom stereocenters. The molecule has 0 saturated heterocycles. The fourth-order valence-corrected chi connectivity index (χ4v) is 3.95. The zero-order valence-corrected chi connectivity index (χ0v) is 16.2. The molecular formula is C19H21N3O4S. The van der Waals surface area contributed by atoms with Crippen LogP contribution < -0.4 is 14.5 Å². The van der Waals surface area contributed by atoms with E-state index in [1.165, 1.54) is 4.90 Å². The molecule has 1 aliphatic heterocycles. The number of carbonyl (C=O) groups is 2. The van der Waals surface area contributed by atoms with E-state index in [1.807, 2.05) is 19.9 Å². The lowest BCUT2D eigenvalue weighted by Crippen LogP contribution is -2.48. The van der Waals surface area contributed by atoms with Gasteiger partial charge in [-0.2, -0.15) is 0 Å². The summed E-state index contributed by atoms with van der Waals surface area (Å²) >= 11 is 0. The van der Waals surface area contributed by atoms with E-state index in [2.05, 4.69) is 5.32 Å². The highest BCUT2D eigenvalue weighted by molar-refractivity contribution is 7.92. The Kier molecular flexibility index (Phi) is 4.93. The minimum Gasteiger partial charge on any atom is -0.323 e. The third-order valence-electron chi connectivity index (χ3n) is 4.60. The molecule has 0 radical (unpaired) electrons. The van der Waals surface area contributed by atoms with Crippen molar-refractivity contribution in [2.75, 3.05) is 33.9 Å². The van der Waals surface area contributed by atoms with E-state index >= 15 is 0 Å². The Balaban J connectivity index is 1.97. The fraction of sp³-hybridized carbons (Fsp3) is 0.263. The van der Waals surface area contributed by atoms with Crippen molar-refractivity contribution < 1.29 is 18.0 Å². The number of nitrogens with zero attached hydrogens (tertiary/aromatic N) is 2. The van der Waals surface area contributed by atoms with Gasteiger partial charge in [0.1, 0.15) is 13.1 Å². The Morgan fingerprint density at radius 3 is 2.56 bits per heavy atom. The van der Waals surface area contributed by atoms with Gasteiger partial charge < -0.3 is 5.32 Å². The lowest BCUT2D eigenvalue weighted by molar-refractivity contribution is -0.121. The summed E-state index contributed by atoms with van der Waals surface area (Å²) in [5.41, 5.74) is 3.25. The zero-order chi connectivity index (χ0) is 19.8. The number of benzene rings is 2. The molecule has 3 rings (SSSR count). The molecule has 2 aromatic rings. The van der Waals surface area contributed by atoms with E-state index in [4.69, 9.17) is 0 Å². The van der Waals surface area contributed by atoms with Gasteiger partial charge in [0.25, 0.3) is 0 Å². The number of rotatable bonds is 4. The zero-order valence-electron chi connectivity index (χ0n) is 15.4. The van der Waals surface area contributed by atoms with Crippen LogP contribution in [-0.2, 0) is 19.6 Å². The van der Waals surface area contributed by atoms with Crippen LogP contribution in [0.4, 0.5) is 17.1 Å². The average Bonchev–Trinajstić information content (AvgIpc) is 2.60. The van der Waals surface area contributed by atoms with E-state index < -0.39 is 15.9 Å². The van der Waals surface area contributed by atoms with E-state index in [9.17, 15) is 18.0 Å². The van der Waals surface area contributed by atoms with Crippen molar-refractivity contribution >= 4 is 38.9 Å². The highest BCUT2D eigenvalue weighted by Crippen LogP contribution is 2.30. The lowest BCUT2D eigenvalue weighted by Gasteiger charge is -2.32. The van der Waals surface area contributed by atoms with Crippen LogP contribution in [0.25, 0.3) is 0 Å². The molecule has 2 aromatic carbocycles. The SMILES string of the molecule is Cc1cccc(N(CC(=O)N2CC(=O)Nc3ccccc32)S(C)(=O)=O)c1C. The summed E-state index contributed by atoms with van der Waals surface area (Å²) in [7, 11) is -3.70. The number of aryl methyl sites for hydroxylation is 1. The van der Waals surface area contributed by atoms with E-state index in [0.29, 0.717) is 17.1 Å². The molecule has 7 nitrogen and oxygen atoms in total. The van der Waals surface area contributed by atoms with Gasteiger partial charge in [0.05, 0.1) is 23.3 Å². The summed E-state index contributed by atoms with van der Waals surface area (Å²) in [6, 6.07) is 12.2. The van der Waals surface area contributed by atoms with Crippen LogP contribution in [0, 0.1) is 13.8 Å². The van der Waals surface area contributed by atoms with Crippen LogP contribution in [0.2, 0.25) is 0 Å². The van der Waals surface area contributed by atoms with Crippen LogP contribution in [0.5, 0.6) is 0 Å². The molecule has 0 spiro atoms. The summed E-state index contributed by atoms with van der Waals surface area (Å²) in [6.45, 7) is 3.16. The molecule has 0 aromatic heterocycles. The Bertz CT molecular complexity index is 1020. The predicted molar refractivity (Wildman–Crippen MR) is 106 cm³/mol. The average molecular weight is 387 g/mol. The minimum absolute atomic E-state index is 0.153. The summed E-state index contributed by atoms with van der Waals surface area (Å²) in [6.07, 6.45) is 1.07. The van der Waals surface area contributed by atoms with Crippen LogP contribution in [0.15, 0.2) is 42.5 Å². The number of anilines is 3. The van der Waals surface area contributed by atoms with Gasteiger partial charge in [0, 0.05) is 0 Å². The van der Waals surface area contributed by atoms with Crippen molar-refractivity contribution in [2.45, 2.75) is 13.8 Å². The van der Waals surface area contributed by atoms with Crippen LogP contribution >= 0.6 is 0 Å². The summed E-state index contributed by atoms with van der Waals surface area (Å²) in [5, 5.41) is 2.71. The molecule has 8 heteroatoms. The van der Waals surface area contributed by atoms with Gasteiger partial charge in [-0.05, 0) is 43.2 Å². The Hall–Kier alpha value is -2.87. The molecule has 1 N–H and O–H groups in total. The first-order valence-electron chi connectivity index (χ1n) is 8.41. The van der Waals surface area contributed by atoms with Crippen molar-refractivity contribution in [1.29, 1.82) is 0 Å². The van der Waals surface area contributed by atoms with Crippen molar-refractivity contribution in [2.24, 2.45) is 0 Å². The molecular weight excluding hydrogens is 366 g/mol. The number of sulfonamides is 1. The number of nitrogens with one attached hydrogen (secondary N) is 1. The van der Waals surface area contributed by atoms with E-state index in [-0.39, 0.29) is 19.0 Å². The molecule has 0 atom stereocenters. The summed E-state index contributed by atoms with van der Waals surface area (Å²) in [5.74, 6) is -0.789. The van der Waals surface area contributed by atoms with Gasteiger partial charge in [-0.15, -0.1) is 0 Å². The molecule has 142 valence electrons. The first-order chi connectivity index (χ1) is 12.7. The molecule has 2 amide bonds. The Morgan fingerprint density at radius 2 is 1.85 bits per heavy atom. The van der Waals surface area contributed by atoms with Crippen molar-refractivity contribution in [1.82, 2.24) is 0 Å². The molecule has 1 aliphatic rings. The number of para-hydroxylation sites is 2. The van der Waals surface area contributed by atoms with Crippen molar-refractivity contribution in [3.63, 3.8) is 0 Å². The van der Waals surface area contributed by atoms with Crippen LogP contribution in [0.1, 0.15) is 11.1 Å². The van der Waals surface area contributed by atoms with Gasteiger partial charge in [-0.25, -0.2) is 8.42 Å². The second kappa shape index (κ2) is 7.03. The quantitative estimate of drug-likeness (QED) is 0.870. The van der Waals surface area contributed by atoms with E-state index in [1.54, 1.807) is 36.4 Å². The van der Waals surface area contributed by atoms with Crippen molar-refractivity contribution in [3.05, 3.63) is 53.6 Å². The molecule has 27 heavy (non-hydrogen) atoms. The van der Waals surface area contributed by atoms with E-state index in [0.717, 1.165) is 21.7 Å². The lowest BCUT2D eigenvalue weighted by atomic mass is 10.1. The molecule has 0 bridgehead atoms. The van der Waals surface area contributed by atoms with Gasteiger partial charge >= 0.3 is 0 Å². The number of hydrogen-bond acceptors (Lipinski definition) is 4. The topological polar surface area (TPSA) is 86.8 Å². The number of fused-ring (bicyclic) bond motifs is 1. The van der Waals surface area contributed by atoms with Crippen molar-refractivity contribution in [3.8, 4) is 0 Å². The highest BCUT2D eigenvalue weighted by atomic mass is 32.2. The second-order valence-corrected chi connectivity index (χ2v) is 8.44. The number of carbonyl (C=O) groups excluding carboxylic acids is 2. The first-order valence-corrected chi connectivity index (χ1v) is 10.3. The molecule has 0 saturated carbocycles. The van der Waals surface area contributed by atoms with Crippen LogP contribution in [0.3, 0.4) is 0 Å². The monoisotopic (exact) mass is 387 g/mol. The minimum atomic E-state index is -3.70. The smallest absolute Gasteiger partial charge is 0.248 e. The number of amides is 2. The Morgan fingerprint density at radius 1 is 1.15 bits per heavy atom. The first kappa shape index (κ1) is 18.9. The second-order valence-electron chi connectivity index (χ2n) is 6.53. The third kappa shape index (κ3) is 3.80. The standard InChI is InChI=1S/C19H21N3O4S/c1-13-7-6-10-16(14(13)2)22(27(3,25)26)12-19(24)21-11-18(23)20-15-8-4-5-9-17(15)21/h4-10H,11-12H2,1-3H3,(H,20,23). The molecule has 0 fully saturated rings. The normalized spacial score (nSPS) is 13.7. The molecule has 0 aliphatic carbocycles. The maximum Gasteiger partial charge on any atom is 0.248 e. The van der Waals surface area contributed by atoms with Gasteiger partial charge in [-0.3, -0.25) is 18.8 Å². The van der Waals surface area contributed by atoms with Gasteiger partial charge in [0.2, 0.25) is 21.8 Å².